The van der Waals surface area contributed by atoms with E-state index in [1.807, 2.05) is 0 Å². The quantitative estimate of drug-likeness (QED) is 0.932. The van der Waals surface area contributed by atoms with Gasteiger partial charge < -0.3 is 15.4 Å². The van der Waals surface area contributed by atoms with Gasteiger partial charge in [0.25, 0.3) is 5.91 Å². The van der Waals surface area contributed by atoms with Crippen molar-refractivity contribution in [2.75, 3.05) is 13.1 Å². The number of hydrogen-bond acceptors (Lipinski definition) is 3. The van der Waals surface area contributed by atoms with Crippen LogP contribution in [0.2, 0.25) is 0 Å². The van der Waals surface area contributed by atoms with Crippen LogP contribution in [-0.2, 0) is 0 Å². The monoisotopic (exact) mass is 306 g/mol. The molecule has 1 amide bonds. The zero-order chi connectivity index (χ0) is 13.8. The molecule has 0 spiro atoms. The van der Waals surface area contributed by atoms with Gasteiger partial charge in [-0.2, -0.15) is 8.78 Å². The SMILES string of the molecule is Cl.NC1CCCN(C(=O)c2cccc(OC(F)F)c2)C1. The Morgan fingerprint density at radius 1 is 1.45 bits per heavy atom. The molecule has 2 rings (SSSR count). The molecule has 0 aromatic heterocycles. The molecule has 20 heavy (non-hydrogen) atoms. The Hall–Kier alpha value is -1.40. The van der Waals surface area contributed by atoms with Crippen LogP contribution in [0.4, 0.5) is 8.78 Å². The lowest BCUT2D eigenvalue weighted by Crippen LogP contribution is -2.45. The maximum Gasteiger partial charge on any atom is 0.387 e. The second kappa shape index (κ2) is 7.40. The molecule has 1 aliphatic heterocycles. The Balaban J connectivity index is 0.00000200. The van der Waals surface area contributed by atoms with E-state index in [0.29, 0.717) is 18.7 Å². The van der Waals surface area contributed by atoms with E-state index >= 15 is 0 Å². The van der Waals surface area contributed by atoms with E-state index in [1.165, 1.54) is 18.2 Å². The third kappa shape index (κ3) is 4.31. The number of ether oxygens (including phenoxy) is 1. The highest BCUT2D eigenvalue weighted by Gasteiger charge is 2.22. The summed E-state index contributed by atoms with van der Waals surface area (Å²) < 4.78 is 28.5. The van der Waals surface area contributed by atoms with E-state index in [4.69, 9.17) is 5.73 Å². The summed E-state index contributed by atoms with van der Waals surface area (Å²) in [6.45, 7) is -1.75. The minimum Gasteiger partial charge on any atom is -0.435 e. The van der Waals surface area contributed by atoms with E-state index in [9.17, 15) is 13.6 Å². The van der Waals surface area contributed by atoms with Gasteiger partial charge in [-0.25, -0.2) is 0 Å². The Morgan fingerprint density at radius 3 is 2.85 bits per heavy atom. The summed E-state index contributed by atoms with van der Waals surface area (Å²) in [5.41, 5.74) is 6.16. The number of hydrogen-bond donors (Lipinski definition) is 1. The molecule has 1 aromatic carbocycles. The number of alkyl halides is 2. The number of likely N-dealkylation sites (tertiary alicyclic amines) is 1. The Morgan fingerprint density at radius 2 is 2.20 bits per heavy atom. The number of rotatable bonds is 3. The summed E-state index contributed by atoms with van der Waals surface area (Å²) >= 11 is 0. The molecule has 1 aromatic rings. The largest absolute Gasteiger partial charge is 0.435 e. The van der Waals surface area contributed by atoms with Crippen molar-refractivity contribution in [1.82, 2.24) is 4.90 Å². The molecule has 7 heteroatoms. The molecule has 1 aliphatic rings. The Bertz CT molecular complexity index is 460. The lowest BCUT2D eigenvalue weighted by molar-refractivity contribution is -0.0499. The van der Waals surface area contributed by atoms with E-state index in [-0.39, 0.29) is 30.1 Å². The maximum absolute atomic E-state index is 12.2. The van der Waals surface area contributed by atoms with Crippen molar-refractivity contribution in [3.63, 3.8) is 0 Å². The number of halogens is 3. The molecule has 1 heterocycles. The maximum atomic E-state index is 12.2. The van der Waals surface area contributed by atoms with Crippen molar-refractivity contribution < 1.29 is 18.3 Å². The molecule has 1 fully saturated rings. The van der Waals surface area contributed by atoms with Gasteiger partial charge in [0.1, 0.15) is 5.75 Å². The van der Waals surface area contributed by atoms with Gasteiger partial charge >= 0.3 is 6.61 Å². The number of nitrogens with two attached hydrogens (primary N) is 1. The summed E-state index contributed by atoms with van der Waals surface area (Å²) in [6.07, 6.45) is 1.76. The lowest BCUT2D eigenvalue weighted by Gasteiger charge is -2.30. The second-order valence-electron chi connectivity index (χ2n) is 4.56. The summed E-state index contributed by atoms with van der Waals surface area (Å²) in [5.74, 6) is -0.211. The van der Waals surface area contributed by atoms with Gasteiger partial charge in [0.05, 0.1) is 0 Å². The highest BCUT2D eigenvalue weighted by Crippen LogP contribution is 2.19. The normalized spacial score (nSPS) is 18.6. The molecular formula is C13H17ClF2N2O2. The minimum atomic E-state index is -2.89. The molecule has 112 valence electrons. The van der Waals surface area contributed by atoms with Gasteiger partial charge in [0.2, 0.25) is 0 Å². The smallest absolute Gasteiger partial charge is 0.387 e. The summed E-state index contributed by atoms with van der Waals surface area (Å²) in [6, 6.07) is 5.81. The summed E-state index contributed by atoms with van der Waals surface area (Å²) in [7, 11) is 0. The van der Waals surface area contributed by atoms with Crippen molar-refractivity contribution in [2.24, 2.45) is 5.73 Å². The molecule has 1 unspecified atom stereocenters. The highest BCUT2D eigenvalue weighted by atomic mass is 35.5. The second-order valence-corrected chi connectivity index (χ2v) is 4.56. The topological polar surface area (TPSA) is 55.6 Å². The molecule has 2 N–H and O–H groups in total. The molecule has 1 saturated heterocycles. The van der Waals surface area contributed by atoms with Crippen molar-refractivity contribution in [1.29, 1.82) is 0 Å². The Kier molecular flexibility index (Phi) is 6.16. The average molecular weight is 307 g/mol. The first-order valence-corrected chi connectivity index (χ1v) is 6.16. The van der Waals surface area contributed by atoms with Crippen LogP contribution in [0.1, 0.15) is 23.2 Å². The van der Waals surface area contributed by atoms with Crippen LogP contribution >= 0.6 is 12.4 Å². The minimum absolute atomic E-state index is 0. The first kappa shape index (κ1) is 16.7. The summed E-state index contributed by atoms with van der Waals surface area (Å²) in [4.78, 5) is 13.9. The first-order chi connectivity index (χ1) is 9.06. The van der Waals surface area contributed by atoms with Gasteiger partial charge in [0, 0.05) is 24.7 Å². The predicted octanol–water partition coefficient (Wildman–Crippen LogP) is 2.27. The molecule has 1 atom stereocenters. The van der Waals surface area contributed by atoms with Gasteiger partial charge in [0.15, 0.2) is 0 Å². The fourth-order valence-electron chi connectivity index (χ4n) is 2.18. The number of piperidine rings is 1. The van der Waals surface area contributed by atoms with Crippen LogP contribution in [0.3, 0.4) is 0 Å². The fraction of sp³-hybridized carbons (Fsp3) is 0.462. The van der Waals surface area contributed by atoms with Gasteiger partial charge in [-0.3, -0.25) is 4.79 Å². The zero-order valence-corrected chi connectivity index (χ0v) is 11.6. The third-order valence-corrected chi connectivity index (χ3v) is 3.05. The fourth-order valence-corrected chi connectivity index (χ4v) is 2.18. The van der Waals surface area contributed by atoms with Gasteiger partial charge in [-0.1, -0.05) is 6.07 Å². The standard InChI is InChI=1S/C13H16F2N2O2.ClH/c14-13(15)19-11-5-1-3-9(7-11)12(18)17-6-2-4-10(16)8-17;/h1,3,5,7,10,13H,2,4,6,8,16H2;1H. The Labute approximate surface area is 122 Å². The zero-order valence-electron chi connectivity index (χ0n) is 10.8. The van der Waals surface area contributed by atoms with E-state index in [1.54, 1.807) is 11.0 Å². The number of amides is 1. The third-order valence-electron chi connectivity index (χ3n) is 3.05. The van der Waals surface area contributed by atoms with Crippen LogP contribution in [0.25, 0.3) is 0 Å². The van der Waals surface area contributed by atoms with Crippen LogP contribution < -0.4 is 10.5 Å². The molecule has 4 nitrogen and oxygen atoms in total. The van der Waals surface area contributed by atoms with Gasteiger partial charge in [-0.05, 0) is 31.0 Å². The van der Waals surface area contributed by atoms with E-state index in [0.717, 1.165) is 12.8 Å². The lowest BCUT2D eigenvalue weighted by atomic mass is 10.1. The highest BCUT2D eigenvalue weighted by molar-refractivity contribution is 5.94. The average Bonchev–Trinajstić information content (AvgIpc) is 2.37. The van der Waals surface area contributed by atoms with Crippen molar-refractivity contribution in [3.8, 4) is 5.75 Å². The van der Waals surface area contributed by atoms with E-state index in [2.05, 4.69) is 4.74 Å². The van der Waals surface area contributed by atoms with E-state index < -0.39 is 6.61 Å². The van der Waals surface area contributed by atoms with Crippen LogP contribution in [0.15, 0.2) is 24.3 Å². The van der Waals surface area contributed by atoms with Gasteiger partial charge in [-0.15, -0.1) is 12.4 Å². The molecule has 0 aliphatic carbocycles. The molecule has 0 radical (unpaired) electrons. The van der Waals surface area contributed by atoms with Crippen molar-refractivity contribution in [2.45, 2.75) is 25.5 Å². The molecule has 0 bridgehead atoms. The van der Waals surface area contributed by atoms with Crippen molar-refractivity contribution >= 4 is 18.3 Å². The molecular weight excluding hydrogens is 290 g/mol. The predicted molar refractivity (Wildman–Crippen MR) is 73.4 cm³/mol. The molecule has 0 saturated carbocycles. The van der Waals surface area contributed by atoms with Crippen molar-refractivity contribution in [3.05, 3.63) is 29.8 Å². The van der Waals surface area contributed by atoms with Crippen LogP contribution in [0, 0.1) is 0 Å². The summed E-state index contributed by atoms with van der Waals surface area (Å²) in [5, 5.41) is 0. The number of carbonyl (C=O) groups excluding carboxylic acids is 1. The number of nitrogens with zero attached hydrogens (tertiary/aromatic N) is 1. The van der Waals surface area contributed by atoms with Crippen LogP contribution in [-0.4, -0.2) is 36.5 Å². The number of benzene rings is 1. The first-order valence-electron chi connectivity index (χ1n) is 6.16. The van der Waals surface area contributed by atoms with Crippen LogP contribution in [0.5, 0.6) is 5.75 Å². The number of carbonyl (C=O) groups is 1.